The van der Waals surface area contributed by atoms with Crippen molar-refractivity contribution in [2.75, 3.05) is 12.8 Å². The van der Waals surface area contributed by atoms with Crippen LogP contribution >= 0.6 is 0 Å². The molecule has 5 nitrogen and oxygen atoms in total. The average molecular weight is 389 g/mol. The Hall–Kier alpha value is -2.18. The van der Waals surface area contributed by atoms with E-state index in [1.54, 1.807) is 0 Å². The lowest BCUT2D eigenvalue weighted by molar-refractivity contribution is -0.122. The first-order chi connectivity index (χ1) is 12.7. The van der Waals surface area contributed by atoms with E-state index in [9.17, 15) is 13.2 Å². The van der Waals surface area contributed by atoms with E-state index in [-0.39, 0.29) is 25.0 Å². The van der Waals surface area contributed by atoms with Gasteiger partial charge in [-0.15, -0.1) is 0 Å². The number of benzene rings is 2. The first kappa shape index (κ1) is 21.1. The van der Waals surface area contributed by atoms with Crippen molar-refractivity contribution in [2.24, 2.45) is 0 Å². The summed E-state index contributed by atoms with van der Waals surface area (Å²) in [6.45, 7) is 5.95. The lowest BCUT2D eigenvalue weighted by atomic mass is 9.99. The number of hydrogen-bond acceptors (Lipinski definition) is 3. The third kappa shape index (κ3) is 6.19. The molecule has 0 aliphatic heterocycles. The van der Waals surface area contributed by atoms with Gasteiger partial charge in [0.1, 0.15) is 0 Å². The number of carbonyl (C=O) groups excluding carboxylic acids is 1. The second-order valence-electron chi connectivity index (χ2n) is 6.90. The monoisotopic (exact) mass is 388 g/mol. The van der Waals surface area contributed by atoms with Crippen molar-refractivity contribution < 1.29 is 13.2 Å². The fraction of sp³-hybridized carbons (Fsp3) is 0.381. The second kappa shape index (κ2) is 9.15. The zero-order chi connectivity index (χ0) is 20.0. The Labute approximate surface area is 162 Å². The Kier molecular flexibility index (Phi) is 7.16. The Balaban J connectivity index is 2.11. The zero-order valence-electron chi connectivity index (χ0n) is 16.4. The molecule has 1 unspecified atom stereocenters. The van der Waals surface area contributed by atoms with Gasteiger partial charge in [-0.05, 0) is 37.0 Å². The molecule has 27 heavy (non-hydrogen) atoms. The lowest BCUT2D eigenvalue weighted by Gasteiger charge is -2.23. The van der Waals surface area contributed by atoms with Gasteiger partial charge in [0.05, 0.1) is 18.8 Å². The Morgan fingerprint density at radius 3 is 2.26 bits per heavy atom. The summed E-state index contributed by atoms with van der Waals surface area (Å²) < 4.78 is 25.5. The van der Waals surface area contributed by atoms with Gasteiger partial charge in [0, 0.05) is 6.54 Å². The van der Waals surface area contributed by atoms with E-state index in [2.05, 4.69) is 5.32 Å². The molecule has 0 radical (unpaired) electrons. The first-order valence-electron chi connectivity index (χ1n) is 9.06. The summed E-state index contributed by atoms with van der Waals surface area (Å²) in [5, 5.41) is 2.98. The van der Waals surface area contributed by atoms with Crippen LogP contribution in [-0.4, -0.2) is 31.4 Å². The first-order valence-corrected chi connectivity index (χ1v) is 10.9. The van der Waals surface area contributed by atoms with Crippen LogP contribution in [0.25, 0.3) is 0 Å². The summed E-state index contributed by atoms with van der Waals surface area (Å²) in [5.41, 5.74) is 4.11. The van der Waals surface area contributed by atoms with Gasteiger partial charge in [0.15, 0.2) is 0 Å². The number of nitrogens with zero attached hydrogens (tertiary/aromatic N) is 1. The number of carbonyl (C=O) groups is 1. The molecule has 1 N–H and O–H groups in total. The highest BCUT2D eigenvalue weighted by atomic mass is 32.2. The van der Waals surface area contributed by atoms with Gasteiger partial charge in [0.2, 0.25) is 15.9 Å². The van der Waals surface area contributed by atoms with Crippen LogP contribution < -0.4 is 5.32 Å². The van der Waals surface area contributed by atoms with E-state index >= 15 is 0 Å². The van der Waals surface area contributed by atoms with E-state index in [0.717, 1.165) is 34.9 Å². The molecule has 6 heteroatoms. The molecule has 0 bridgehead atoms. The minimum Gasteiger partial charge on any atom is -0.348 e. The third-order valence-corrected chi connectivity index (χ3v) is 5.77. The summed E-state index contributed by atoms with van der Waals surface area (Å²) in [7, 11) is -3.51. The fourth-order valence-electron chi connectivity index (χ4n) is 2.97. The Bertz CT molecular complexity index is 877. The van der Waals surface area contributed by atoms with Gasteiger partial charge in [0.25, 0.3) is 0 Å². The highest BCUT2D eigenvalue weighted by Gasteiger charge is 2.22. The summed E-state index contributed by atoms with van der Waals surface area (Å²) in [6, 6.07) is 15.4. The molecule has 2 rings (SSSR count). The van der Waals surface area contributed by atoms with Gasteiger partial charge in [-0.1, -0.05) is 61.0 Å². The standard InChI is InChI=1S/C21H28N2O3S/c1-5-20(19-9-7-6-8-17(19)3)22-21(24)15-23(27(4,25)26)14-18-12-10-16(2)11-13-18/h6-13,20H,5,14-15H2,1-4H3,(H,22,24). The van der Waals surface area contributed by atoms with E-state index in [1.807, 2.05) is 69.3 Å². The molecular weight excluding hydrogens is 360 g/mol. The summed E-state index contributed by atoms with van der Waals surface area (Å²) in [4.78, 5) is 12.6. The number of aryl methyl sites for hydroxylation is 2. The molecule has 1 amide bonds. The molecule has 0 heterocycles. The third-order valence-electron chi connectivity index (χ3n) is 4.58. The predicted molar refractivity (Wildman–Crippen MR) is 109 cm³/mol. The maximum Gasteiger partial charge on any atom is 0.235 e. The summed E-state index contributed by atoms with van der Waals surface area (Å²) in [6.07, 6.45) is 1.86. The molecule has 0 aliphatic rings. The van der Waals surface area contributed by atoms with E-state index in [0.29, 0.717) is 0 Å². The molecule has 0 saturated carbocycles. The average Bonchev–Trinajstić information content (AvgIpc) is 2.61. The van der Waals surface area contributed by atoms with Gasteiger partial charge in [-0.25, -0.2) is 8.42 Å². The van der Waals surface area contributed by atoms with Crippen LogP contribution in [0.3, 0.4) is 0 Å². The second-order valence-corrected chi connectivity index (χ2v) is 8.88. The largest absolute Gasteiger partial charge is 0.348 e. The van der Waals surface area contributed by atoms with Crippen molar-refractivity contribution >= 4 is 15.9 Å². The number of rotatable bonds is 8. The van der Waals surface area contributed by atoms with Crippen molar-refractivity contribution in [3.05, 3.63) is 70.8 Å². The van der Waals surface area contributed by atoms with Crippen molar-refractivity contribution in [3.8, 4) is 0 Å². The number of sulfonamides is 1. The topological polar surface area (TPSA) is 66.5 Å². The molecule has 0 aliphatic carbocycles. The number of hydrogen-bond donors (Lipinski definition) is 1. The Morgan fingerprint density at radius 2 is 1.70 bits per heavy atom. The van der Waals surface area contributed by atoms with Crippen molar-refractivity contribution in [2.45, 2.75) is 39.8 Å². The van der Waals surface area contributed by atoms with Crippen LogP contribution in [0.15, 0.2) is 48.5 Å². The minimum absolute atomic E-state index is 0.139. The van der Waals surface area contributed by atoms with Gasteiger partial charge in [-0.2, -0.15) is 4.31 Å². The number of nitrogens with one attached hydrogen (secondary N) is 1. The highest BCUT2D eigenvalue weighted by Crippen LogP contribution is 2.20. The van der Waals surface area contributed by atoms with Gasteiger partial charge < -0.3 is 5.32 Å². The lowest BCUT2D eigenvalue weighted by Crippen LogP contribution is -2.41. The molecule has 0 spiro atoms. The molecular formula is C21H28N2O3S. The van der Waals surface area contributed by atoms with Crippen molar-refractivity contribution in [1.29, 1.82) is 0 Å². The number of amides is 1. The van der Waals surface area contributed by atoms with Gasteiger partial charge in [-0.3, -0.25) is 4.79 Å². The highest BCUT2D eigenvalue weighted by molar-refractivity contribution is 7.88. The molecule has 146 valence electrons. The molecule has 2 aromatic rings. The quantitative estimate of drug-likeness (QED) is 0.754. The zero-order valence-corrected chi connectivity index (χ0v) is 17.2. The van der Waals surface area contributed by atoms with Crippen LogP contribution in [0.4, 0.5) is 0 Å². The maximum atomic E-state index is 12.6. The fourth-order valence-corrected chi connectivity index (χ4v) is 3.70. The van der Waals surface area contributed by atoms with Crippen molar-refractivity contribution in [3.63, 3.8) is 0 Å². The van der Waals surface area contributed by atoms with Crippen molar-refractivity contribution in [1.82, 2.24) is 9.62 Å². The predicted octanol–water partition coefficient (Wildman–Crippen LogP) is 3.33. The smallest absolute Gasteiger partial charge is 0.235 e. The van der Waals surface area contributed by atoms with E-state index in [1.165, 1.54) is 4.31 Å². The SMILES string of the molecule is CCC(NC(=O)CN(Cc1ccc(C)cc1)S(C)(=O)=O)c1ccccc1C. The van der Waals surface area contributed by atoms with Crippen LogP contribution in [0.1, 0.15) is 41.6 Å². The normalized spacial score (nSPS) is 12.8. The van der Waals surface area contributed by atoms with E-state index < -0.39 is 10.0 Å². The van der Waals surface area contributed by atoms with Crippen LogP contribution in [0.2, 0.25) is 0 Å². The van der Waals surface area contributed by atoms with Crippen LogP contribution in [0.5, 0.6) is 0 Å². The van der Waals surface area contributed by atoms with Crippen LogP contribution in [-0.2, 0) is 21.4 Å². The summed E-state index contributed by atoms with van der Waals surface area (Å²) in [5.74, 6) is -0.303. The van der Waals surface area contributed by atoms with Gasteiger partial charge >= 0.3 is 0 Å². The molecule has 0 saturated heterocycles. The molecule has 2 aromatic carbocycles. The summed E-state index contributed by atoms with van der Waals surface area (Å²) >= 11 is 0. The molecule has 1 atom stereocenters. The molecule has 0 fully saturated rings. The molecule has 0 aromatic heterocycles. The van der Waals surface area contributed by atoms with E-state index in [4.69, 9.17) is 0 Å². The minimum atomic E-state index is -3.51. The maximum absolute atomic E-state index is 12.6. The van der Waals surface area contributed by atoms with Crippen LogP contribution in [0, 0.1) is 13.8 Å². The Morgan fingerprint density at radius 1 is 1.07 bits per heavy atom.